The maximum absolute atomic E-state index is 13.9. The first kappa shape index (κ1) is 26.0. The predicted molar refractivity (Wildman–Crippen MR) is 143 cm³/mol. The molecule has 1 heterocycles. The molecule has 2 N–H and O–H groups in total. The number of tetrazole rings is 1. The summed E-state index contributed by atoms with van der Waals surface area (Å²) in [6, 6.07) is 18.1. The first-order valence-corrected chi connectivity index (χ1v) is 12.9. The standard InChI is InChI=1S/C29H29FN6O3/c1-19-9-11-21(12-10-19)28-32-34-35(33-28)18-26(38)36(24-7-4-8-25(37)17-24)27(20-13-15-22(30)16-14-20)29(39)31-23-5-2-3-6-23/h4,7-17,23,27,37H,2-3,5-6,18H2,1H3,(H,31,39)/t27-/m1/s1. The number of aromatic hydroxyl groups is 1. The Kier molecular flexibility index (Phi) is 7.62. The number of phenolic OH excluding ortho intramolecular Hbond substituents is 1. The number of nitrogens with zero attached hydrogens (tertiary/aromatic N) is 5. The third-order valence-corrected chi connectivity index (χ3v) is 6.81. The SMILES string of the molecule is Cc1ccc(-c2nnn(CC(=O)N(c3cccc(O)c3)[C@@H](C(=O)NC3CCCC3)c3ccc(F)cc3)n2)cc1. The van der Waals surface area contributed by atoms with Crippen molar-refractivity contribution in [1.29, 1.82) is 0 Å². The van der Waals surface area contributed by atoms with E-state index in [0.29, 0.717) is 17.1 Å². The van der Waals surface area contributed by atoms with Crippen molar-refractivity contribution in [3.05, 3.63) is 89.7 Å². The van der Waals surface area contributed by atoms with Crippen LogP contribution in [0.5, 0.6) is 5.75 Å². The van der Waals surface area contributed by atoms with Crippen molar-refractivity contribution in [2.75, 3.05) is 4.90 Å². The molecule has 1 aromatic heterocycles. The third kappa shape index (κ3) is 6.11. The minimum atomic E-state index is -1.12. The van der Waals surface area contributed by atoms with E-state index in [1.54, 1.807) is 12.1 Å². The van der Waals surface area contributed by atoms with Crippen molar-refractivity contribution >= 4 is 17.5 Å². The third-order valence-electron chi connectivity index (χ3n) is 6.81. The van der Waals surface area contributed by atoms with Crippen molar-refractivity contribution in [3.8, 4) is 17.1 Å². The molecule has 0 aliphatic heterocycles. The number of amides is 2. The minimum absolute atomic E-state index is 0.00405. The van der Waals surface area contributed by atoms with Crippen LogP contribution in [0.1, 0.15) is 42.9 Å². The zero-order valence-electron chi connectivity index (χ0n) is 21.5. The number of halogens is 1. The van der Waals surface area contributed by atoms with E-state index < -0.39 is 23.7 Å². The summed E-state index contributed by atoms with van der Waals surface area (Å²) in [6.45, 7) is 1.66. The number of anilines is 1. The normalized spacial score (nSPS) is 14.2. The molecule has 0 bridgehead atoms. The highest BCUT2D eigenvalue weighted by Crippen LogP contribution is 2.31. The van der Waals surface area contributed by atoms with Crippen molar-refractivity contribution in [3.63, 3.8) is 0 Å². The van der Waals surface area contributed by atoms with Crippen LogP contribution >= 0.6 is 0 Å². The van der Waals surface area contributed by atoms with E-state index in [1.807, 2.05) is 31.2 Å². The lowest BCUT2D eigenvalue weighted by atomic mass is 10.0. The molecule has 200 valence electrons. The second kappa shape index (κ2) is 11.4. The summed E-state index contributed by atoms with van der Waals surface area (Å²) in [5, 5.41) is 25.8. The van der Waals surface area contributed by atoms with Gasteiger partial charge < -0.3 is 10.4 Å². The van der Waals surface area contributed by atoms with E-state index >= 15 is 0 Å². The summed E-state index contributed by atoms with van der Waals surface area (Å²) < 4.78 is 13.8. The van der Waals surface area contributed by atoms with E-state index in [-0.39, 0.29) is 18.3 Å². The second-order valence-corrected chi connectivity index (χ2v) is 9.74. The lowest BCUT2D eigenvalue weighted by Gasteiger charge is -2.32. The van der Waals surface area contributed by atoms with Gasteiger partial charge in [-0.05, 0) is 54.8 Å². The van der Waals surface area contributed by atoms with Crippen LogP contribution < -0.4 is 10.2 Å². The second-order valence-electron chi connectivity index (χ2n) is 9.74. The van der Waals surface area contributed by atoms with E-state index in [2.05, 4.69) is 20.7 Å². The number of phenols is 1. The molecule has 0 saturated heterocycles. The van der Waals surface area contributed by atoms with Crippen molar-refractivity contribution in [2.45, 2.75) is 51.2 Å². The van der Waals surface area contributed by atoms with Gasteiger partial charge in [-0.15, -0.1) is 10.2 Å². The van der Waals surface area contributed by atoms with Gasteiger partial charge in [0.1, 0.15) is 24.2 Å². The van der Waals surface area contributed by atoms with Crippen LogP contribution in [0.15, 0.2) is 72.8 Å². The van der Waals surface area contributed by atoms with Gasteiger partial charge in [0, 0.05) is 23.4 Å². The molecule has 0 radical (unpaired) electrons. The maximum atomic E-state index is 13.9. The molecule has 9 nitrogen and oxygen atoms in total. The molecule has 2 amide bonds. The minimum Gasteiger partial charge on any atom is -0.508 e. The number of nitrogens with one attached hydrogen (secondary N) is 1. The Morgan fingerprint density at radius 2 is 1.79 bits per heavy atom. The molecule has 3 aromatic carbocycles. The van der Waals surface area contributed by atoms with Gasteiger partial charge in [-0.2, -0.15) is 4.80 Å². The molecule has 1 aliphatic rings. The quantitative estimate of drug-likeness (QED) is 0.352. The van der Waals surface area contributed by atoms with Gasteiger partial charge in [-0.3, -0.25) is 14.5 Å². The first-order valence-electron chi connectivity index (χ1n) is 12.9. The fourth-order valence-electron chi connectivity index (χ4n) is 4.82. The monoisotopic (exact) mass is 528 g/mol. The van der Waals surface area contributed by atoms with Crippen molar-refractivity contribution < 1.29 is 19.1 Å². The predicted octanol–water partition coefficient (Wildman–Crippen LogP) is 4.33. The molecule has 5 rings (SSSR count). The number of carbonyl (C=O) groups excluding carboxylic acids is 2. The Bertz CT molecular complexity index is 1450. The Hall–Kier alpha value is -4.60. The van der Waals surface area contributed by atoms with Gasteiger partial charge in [0.15, 0.2) is 0 Å². The van der Waals surface area contributed by atoms with E-state index in [4.69, 9.17) is 0 Å². The number of aryl methyl sites for hydroxylation is 1. The van der Waals surface area contributed by atoms with Crippen molar-refractivity contribution in [2.24, 2.45) is 0 Å². The summed E-state index contributed by atoms with van der Waals surface area (Å²) in [4.78, 5) is 30.1. The number of carbonyl (C=O) groups is 2. The lowest BCUT2D eigenvalue weighted by Crippen LogP contribution is -2.47. The number of benzene rings is 3. The summed E-state index contributed by atoms with van der Waals surface area (Å²) in [5.41, 5.74) is 2.57. The van der Waals surface area contributed by atoms with Crippen LogP contribution in [-0.2, 0) is 16.1 Å². The van der Waals surface area contributed by atoms with Crippen LogP contribution in [0, 0.1) is 12.7 Å². The fourth-order valence-corrected chi connectivity index (χ4v) is 4.82. The highest BCUT2D eigenvalue weighted by Gasteiger charge is 2.35. The van der Waals surface area contributed by atoms with Gasteiger partial charge in [-0.1, -0.05) is 60.9 Å². The fraction of sp³-hybridized carbons (Fsp3) is 0.276. The lowest BCUT2D eigenvalue weighted by molar-refractivity contribution is -0.127. The zero-order chi connectivity index (χ0) is 27.4. The number of hydrogen-bond donors (Lipinski definition) is 2. The van der Waals surface area contributed by atoms with Crippen molar-refractivity contribution in [1.82, 2.24) is 25.5 Å². The molecule has 10 heteroatoms. The molecule has 0 spiro atoms. The summed E-state index contributed by atoms with van der Waals surface area (Å²) in [5.74, 6) is -1.07. The van der Waals surface area contributed by atoms with Gasteiger partial charge in [0.05, 0.1) is 0 Å². The molecule has 1 aliphatic carbocycles. The van der Waals surface area contributed by atoms with Crippen LogP contribution in [0.4, 0.5) is 10.1 Å². The molecule has 0 unspecified atom stereocenters. The van der Waals surface area contributed by atoms with Crippen LogP contribution in [0.25, 0.3) is 11.4 Å². The van der Waals surface area contributed by atoms with Crippen LogP contribution in [-0.4, -0.2) is 43.2 Å². The molecule has 4 aromatic rings. The van der Waals surface area contributed by atoms with Gasteiger partial charge in [0.25, 0.3) is 5.91 Å². The first-order chi connectivity index (χ1) is 18.9. The summed E-state index contributed by atoms with van der Waals surface area (Å²) in [7, 11) is 0. The average molecular weight is 529 g/mol. The number of rotatable bonds is 8. The molecule has 39 heavy (non-hydrogen) atoms. The summed E-state index contributed by atoms with van der Waals surface area (Å²) in [6.07, 6.45) is 3.74. The van der Waals surface area contributed by atoms with E-state index in [1.165, 1.54) is 46.1 Å². The zero-order valence-corrected chi connectivity index (χ0v) is 21.5. The molecule has 1 saturated carbocycles. The molecule has 1 fully saturated rings. The molecule has 1 atom stereocenters. The van der Waals surface area contributed by atoms with Gasteiger partial charge in [0.2, 0.25) is 11.7 Å². The highest BCUT2D eigenvalue weighted by molar-refractivity contribution is 6.01. The summed E-state index contributed by atoms with van der Waals surface area (Å²) >= 11 is 0. The van der Waals surface area contributed by atoms with Gasteiger partial charge >= 0.3 is 0 Å². The Balaban J connectivity index is 1.50. The van der Waals surface area contributed by atoms with E-state index in [0.717, 1.165) is 36.8 Å². The average Bonchev–Trinajstić information content (AvgIpc) is 3.60. The van der Waals surface area contributed by atoms with Crippen LogP contribution in [0.2, 0.25) is 0 Å². The Labute approximate surface area is 225 Å². The molecular formula is C29H29FN6O3. The number of hydrogen-bond acceptors (Lipinski definition) is 6. The molecular weight excluding hydrogens is 499 g/mol. The van der Waals surface area contributed by atoms with Crippen LogP contribution in [0.3, 0.4) is 0 Å². The maximum Gasteiger partial charge on any atom is 0.251 e. The van der Waals surface area contributed by atoms with E-state index in [9.17, 15) is 19.1 Å². The van der Waals surface area contributed by atoms with Gasteiger partial charge in [-0.25, -0.2) is 4.39 Å². The smallest absolute Gasteiger partial charge is 0.251 e. The topological polar surface area (TPSA) is 113 Å². The number of aromatic nitrogens is 4. The Morgan fingerprint density at radius 3 is 2.49 bits per heavy atom. The largest absolute Gasteiger partial charge is 0.508 e. The Morgan fingerprint density at radius 1 is 1.08 bits per heavy atom. The highest BCUT2D eigenvalue weighted by atomic mass is 19.1.